The molecule has 2 aliphatic heterocycles. The van der Waals surface area contributed by atoms with E-state index in [4.69, 9.17) is 23.7 Å². The molecule has 9 unspecified atom stereocenters. The van der Waals surface area contributed by atoms with Gasteiger partial charge in [0.25, 0.3) is 0 Å². The maximum absolute atomic E-state index is 13.6. The molecule has 36 heteroatoms. The average Bonchev–Trinajstić information content (AvgIpc) is 1.48. The summed E-state index contributed by atoms with van der Waals surface area (Å²) in [6.07, 6.45) is -22.6. The third-order valence-electron chi connectivity index (χ3n) is 20.8. The molecular formula is C84H77F13O19S4. The SMILES string of the molecule is C=C(C)C(=O)OC(C)(C)c1ccc(F)cc1.C=C(C)C(=O)OC12CC3CC(C1)CC(C(=O)OC(CS(=O)(=O)[O-])(C(F)(F)F)C(F)(F)F)(C3)C2.C=C(C)C(=O)OC1C2CC3C1OC(=O)C3C2C(=O)OC(CS(=O)(=O)[O-])C(F)(F)F.Fc1ccc([S+](c2ccc(F)cc2)c2ccc(F)cc2)cc1.c1ccc([S+]2c3ccccc3Oc3ccccc32)cc1. The van der Waals surface area contributed by atoms with Gasteiger partial charge in [0.2, 0.25) is 15.9 Å². The number of hydrogen-bond donors (Lipinski definition) is 0. The molecule has 6 aliphatic carbocycles. The van der Waals surface area contributed by atoms with Crippen molar-refractivity contribution in [3.63, 3.8) is 0 Å². The molecule has 0 N–H and O–H groups in total. The summed E-state index contributed by atoms with van der Waals surface area (Å²) in [6.45, 7) is 18.2. The lowest BCUT2D eigenvalue weighted by molar-refractivity contribution is -0.364. The zero-order valence-electron chi connectivity index (χ0n) is 64.2. The number of alkyl halides is 9. The van der Waals surface area contributed by atoms with E-state index in [1.807, 2.05) is 24.3 Å². The van der Waals surface area contributed by atoms with Crippen molar-refractivity contribution in [2.24, 2.45) is 40.9 Å². The van der Waals surface area contributed by atoms with Crippen molar-refractivity contribution in [3.8, 4) is 11.5 Å². The zero-order valence-corrected chi connectivity index (χ0v) is 67.5. The van der Waals surface area contributed by atoms with Crippen molar-refractivity contribution in [2.75, 3.05) is 11.5 Å². The minimum absolute atomic E-state index is 0.0242. The maximum Gasteiger partial charge on any atom is 0.438 e. The Hall–Kier alpha value is -10.0. The smallest absolute Gasteiger partial charge is 0.438 e. The largest absolute Gasteiger partial charge is 0.748 e. The Morgan fingerprint density at radius 1 is 0.567 bits per heavy atom. The number of ether oxygens (including phenoxy) is 7. The molecule has 642 valence electrons. The Morgan fingerprint density at radius 2 is 1.01 bits per heavy atom. The van der Waals surface area contributed by atoms with E-state index in [-0.39, 0.29) is 95.7 Å². The number of hydrogen-bond acceptors (Lipinski definition) is 19. The number of para-hydroxylation sites is 2. The lowest BCUT2D eigenvalue weighted by Crippen LogP contribution is -2.66. The summed E-state index contributed by atoms with van der Waals surface area (Å²) in [5.74, 6) is -15.2. The lowest BCUT2D eigenvalue weighted by Gasteiger charge is -2.60. The fourth-order valence-corrected chi connectivity index (χ4v) is 21.7. The third-order valence-corrected chi connectivity index (χ3v) is 26.8. The van der Waals surface area contributed by atoms with Crippen molar-refractivity contribution in [1.29, 1.82) is 0 Å². The predicted octanol–water partition coefficient (Wildman–Crippen LogP) is 17.0. The van der Waals surface area contributed by atoms with Crippen LogP contribution < -0.4 is 4.74 Å². The van der Waals surface area contributed by atoms with Gasteiger partial charge in [-0.2, -0.15) is 39.5 Å². The summed E-state index contributed by atoms with van der Waals surface area (Å²) in [4.78, 5) is 79.5. The number of fused-ring (bicyclic) bond motifs is 3. The van der Waals surface area contributed by atoms with E-state index in [0.717, 1.165) is 31.7 Å². The Morgan fingerprint density at radius 3 is 1.43 bits per heavy atom. The molecule has 7 aromatic carbocycles. The first-order valence-electron chi connectivity index (χ1n) is 36.6. The van der Waals surface area contributed by atoms with Crippen LogP contribution in [0, 0.1) is 64.2 Å². The van der Waals surface area contributed by atoms with Crippen LogP contribution in [0.15, 0.2) is 242 Å². The summed E-state index contributed by atoms with van der Waals surface area (Å²) in [7, 11) is -12.1. The fourth-order valence-electron chi connectivity index (χ4n) is 15.9. The highest BCUT2D eigenvalue weighted by molar-refractivity contribution is 7.97. The molecule has 0 amide bonds. The van der Waals surface area contributed by atoms with Gasteiger partial charge in [-0.15, -0.1) is 0 Å². The van der Waals surface area contributed by atoms with Crippen LogP contribution in [-0.2, 0) is 105 Å². The molecule has 6 saturated carbocycles. The number of benzene rings is 7. The number of carbonyl (C=O) groups excluding carboxylic acids is 6. The van der Waals surface area contributed by atoms with Gasteiger partial charge < -0.3 is 42.3 Å². The standard InChI is InChI=1S/C19H22F6O7S.C18H12F3S.C18H13OS.C16H17F3O9S.C13H15FO2/c1-10(2)13(26)31-16-6-11-3-12(7-16)5-15(4-11,8-16)14(27)32-17(18(20,21)22,19(23,24)25)9-33(28,29)30;19-13-1-7-16(8-2-13)22(17-9-3-14(20)4-10-17)18-11-5-15(21)6-12-18;1-2-8-14(9-3-1)20-17-12-6-4-10-15(17)19-16-11-5-7-13-18(16)20;1-5(2)13(20)27-11-6-3-7-10(15(22)28-12(7)11)9(6)14(21)26-8(16(17,18)19)4-29(23,24)25;1-9(2)12(15)16-13(3,4)10-5-7-11(14)8-6-10/h11-12H,1,3-9H2,2H3,(H,28,29,30);1-12H;1-13H;6-12H,1,3-4H2,2H3,(H,23,24,25);5-8H,1H2,2-4H3/q;2*+1;;/p-2. The zero-order chi connectivity index (χ0) is 88.4. The molecule has 2 heterocycles. The van der Waals surface area contributed by atoms with Crippen LogP contribution in [0.25, 0.3) is 0 Å². The number of carbonyl (C=O) groups is 6. The second kappa shape index (κ2) is 36.0. The van der Waals surface area contributed by atoms with Gasteiger partial charge in [-0.25, -0.2) is 48.8 Å². The molecule has 0 aromatic heterocycles. The molecule has 8 aliphatic rings. The van der Waals surface area contributed by atoms with E-state index in [2.05, 4.69) is 83.8 Å². The van der Waals surface area contributed by atoms with Crippen LogP contribution in [-0.4, -0.2) is 121 Å². The first kappa shape index (κ1) is 92.3. The number of rotatable bonds is 19. The van der Waals surface area contributed by atoms with Gasteiger partial charge in [0.05, 0.1) is 59.9 Å². The van der Waals surface area contributed by atoms with Gasteiger partial charge in [-0.3, -0.25) is 14.4 Å². The summed E-state index contributed by atoms with van der Waals surface area (Å²) in [6, 6.07) is 51.7. The van der Waals surface area contributed by atoms with E-state index >= 15 is 0 Å². The summed E-state index contributed by atoms with van der Waals surface area (Å²) in [5, 5.41) is 0. The van der Waals surface area contributed by atoms with Crippen LogP contribution in [0.5, 0.6) is 11.5 Å². The topological polar surface area (TPSA) is 281 Å². The Labute approximate surface area is 686 Å². The van der Waals surface area contributed by atoms with Gasteiger partial charge in [0, 0.05) is 35.0 Å². The Bertz CT molecular complexity index is 5060. The second-order valence-corrected chi connectivity index (χ2v) is 37.2. The van der Waals surface area contributed by atoms with Crippen LogP contribution >= 0.6 is 0 Å². The Balaban J connectivity index is 0.000000161. The predicted molar refractivity (Wildman–Crippen MR) is 403 cm³/mol. The van der Waals surface area contributed by atoms with Crippen molar-refractivity contribution < 1.29 is 145 Å². The highest BCUT2D eigenvalue weighted by atomic mass is 32.2. The van der Waals surface area contributed by atoms with E-state index < -0.39 is 161 Å². The summed E-state index contributed by atoms with van der Waals surface area (Å²) < 4.78 is 274. The van der Waals surface area contributed by atoms with Gasteiger partial charge >= 0.3 is 59.9 Å². The van der Waals surface area contributed by atoms with E-state index in [1.165, 1.54) is 77.1 Å². The van der Waals surface area contributed by atoms with Crippen LogP contribution in [0.4, 0.5) is 57.1 Å². The van der Waals surface area contributed by atoms with E-state index in [1.54, 1.807) is 69.3 Å². The molecule has 0 spiro atoms. The molecule has 1 saturated heterocycles. The van der Waals surface area contributed by atoms with Gasteiger partial charge in [0.15, 0.2) is 31.1 Å². The quantitative estimate of drug-likeness (QED) is 0.0181. The molecule has 9 atom stereocenters. The maximum atomic E-state index is 13.6. The molecule has 7 fully saturated rings. The number of esters is 6. The lowest BCUT2D eigenvalue weighted by atomic mass is 9.48. The van der Waals surface area contributed by atoms with Crippen molar-refractivity contribution in [3.05, 3.63) is 241 Å². The van der Waals surface area contributed by atoms with Gasteiger partial charge in [-0.1, -0.05) is 74.3 Å². The Kier molecular flexibility index (Phi) is 27.7. The third kappa shape index (κ3) is 21.5. The average molecular weight is 1770 g/mol. The minimum Gasteiger partial charge on any atom is -0.748 e. The summed E-state index contributed by atoms with van der Waals surface area (Å²) >= 11 is 0. The molecule has 15 rings (SSSR count). The highest BCUT2D eigenvalue weighted by Crippen LogP contribution is 2.65. The summed E-state index contributed by atoms with van der Waals surface area (Å²) in [5.41, 5.74) is -8.32. The number of halogens is 13. The highest BCUT2D eigenvalue weighted by Gasteiger charge is 2.77. The van der Waals surface area contributed by atoms with Crippen molar-refractivity contribution in [2.45, 2.75) is 163 Å². The molecular weight excluding hydrogens is 1690 g/mol. The molecule has 7 aromatic rings. The van der Waals surface area contributed by atoms with Crippen molar-refractivity contribution >= 4 is 77.8 Å². The monoisotopic (exact) mass is 1760 g/mol. The van der Waals surface area contributed by atoms with Crippen LogP contribution in [0.3, 0.4) is 0 Å². The van der Waals surface area contributed by atoms with Gasteiger partial charge in [0.1, 0.15) is 57.6 Å². The first-order chi connectivity index (χ1) is 55.8. The second-order valence-electron chi connectivity index (χ2n) is 30.3. The van der Waals surface area contributed by atoms with Crippen molar-refractivity contribution in [1.82, 2.24) is 0 Å². The van der Waals surface area contributed by atoms with Crippen LogP contribution in [0.1, 0.15) is 85.1 Å². The first-order valence-corrected chi connectivity index (χ1v) is 42.2. The molecule has 0 radical (unpaired) electrons. The minimum atomic E-state index is -6.44. The molecule has 6 bridgehead atoms. The van der Waals surface area contributed by atoms with Crippen LogP contribution in [0.2, 0.25) is 0 Å². The fraction of sp³-hybridized carbons (Fsp3) is 0.357. The molecule has 120 heavy (non-hydrogen) atoms. The van der Waals surface area contributed by atoms with Gasteiger partial charge in [-0.05, 0) is 212 Å². The normalized spacial score (nSPS) is 22.6. The molecule has 19 nitrogen and oxygen atoms in total. The van der Waals surface area contributed by atoms with E-state index in [9.17, 15) is 112 Å². The van der Waals surface area contributed by atoms with E-state index in [0.29, 0.717) is 12.0 Å².